The van der Waals surface area contributed by atoms with Gasteiger partial charge in [0.15, 0.2) is 11.6 Å². The fraction of sp³-hybridized carbons (Fsp3) is 0.167. The predicted molar refractivity (Wildman–Crippen MR) is 95.4 cm³/mol. The summed E-state index contributed by atoms with van der Waals surface area (Å²) in [5.74, 6) is 0.852. The monoisotopic (exact) mass is 339 g/mol. The van der Waals surface area contributed by atoms with Gasteiger partial charge < -0.3 is 9.73 Å². The Morgan fingerprint density at radius 1 is 1.12 bits per heavy atom. The van der Waals surface area contributed by atoms with Crippen LogP contribution in [0.3, 0.4) is 0 Å². The van der Waals surface area contributed by atoms with Crippen LogP contribution < -0.4 is 5.32 Å². The fourth-order valence-corrected chi connectivity index (χ4v) is 2.99. The zero-order valence-electron chi connectivity index (χ0n) is 13.7. The van der Waals surface area contributed by atoms with Gasteiger partial charge in [0.25, 0.3) is 5.91 Å². The minimum atomic E-state index is -0.211. The van der Waals surface area contributed by atoms with E-state index in [1.165, 1.54) is 11.8 Å². The second-order valence-corrected chi connectivity index (χ2v) is 6.06. The molecule has 0 fully saturated rings. The molecule has 1 N–H and O–H groups in total. The lowest BCUT2D eigenvalue weighted by Gasteiger charge is -2.12. The number of rotatable bonds is 4. The van der Waals surface area contributed by atoms with Crippen molar-refractivity contribution in [3.63, 3.8) is 0 Å². The van der Waals surface area contributed by atoms with Gasteiger partial charge in [-0.2, -0.15) is 0 Å². The molecule has 3 aromatic rings. The van der Waals surface area contributed by atoms with Crippen LogP contribution in [-0.4, -0.2) is 22.1 Å². The van der Waals surface area contributed by atoms with E-state index in [-0.39, 0.29) is 5.91 Å². The molecule has 6 heteroatoms. The number of hydrogen-bond acceptors (Lipinski definition) is 5. The largest absolute Gasteiger partial charge is 0.461 e. The van der Waals surface area contributed by atoms with Crippen molar-refractivity contribution in [2.45, 2.75) is 18.9 Å². The van der Waals surface area contributed by atoms with Crippen molar-refractivity contribution >= 4 is 23.4 Å². The molecule has 1 amide bonds. The summed E-state index contributed by atoms with van der Waals surface area (Å²) < 4.78 is 5.35. The van der Waals surface area contributed by atoms with Gasteiger partial charge in [-0.1, -0.05) is 18.2 Å². The highest BCUT2D eigenvalue weighted by molar-refractivity contribution is 7.98. The van der Waals surface area contributed by atoms with Crippen LogP contribution in [0.1, 0.15) is 21.6 Å². The van der Waals surface area contributed by atoms with Crippen molar-refractivity contribution in [2.24, 2.45) is 0 Å². The van der Waals surface area contributed by atoms with Crippen LogP contribution in [-0.2, 0) is 0 Å². The maximum absolute atomic E-state index is 12.7. The van der Waals surface area contributed by atoms with E-state index in [1.807, 2.05) is 37.4 Å². The molecule has 0 aliphatic rings. The summed E-state index contributed by atoms with van der Waals surface area (Å²) in [6.45, 7) is 3.76. The summed E-state index contributed by atoms with van der Waals surface area (Å²) in [7, 11) is 0. The number of para-hydroxylation sites is 1. The number of furan rings is 1. The molecule has 3 rings (SSSR count). The van der Waals surface area contributed by atoms with E-state index in [0.717, 1.165) is 11.3 Å². The standard InChI is InChI=1S/C18H17N3O2S/c1-11-7-4-5-8-13(11)20-17(22)15-12(2)19-16(21-18(15)24-3)14-9-6-10-23-14/h4-10H,1-3H3,(H,20,22). The van der Waals surface area contributed by atoms with Gasteiger partial charge in [-0.05, 0) is 43.9 Å². The van der Waals surface area contributed by atoms with E-state index in [2.05, 4.69) is 15.3 Å². The molecule has 0 spiro atoms. The zero-order valence-corrected chi connectivity index (χ0v) is 14.5. The molecule has 24 heavy (non-hydrogen) atoms. The summed E-state index contributed by atoms with van der Waals surface area (Å²) >= 11 is 1.41. The number of aryl methyl sites for hydroxylation is 2. The molecule has 1 aromatic carbocycles. The van der Waals surface area contributed by atoms with Crippen LogP contribution in [0.2, 0.25) is 0 Å². The van der Waals surface area contributed by atoms with Crippen LogP contribution in [0.4, 0.5) is 5.69 Å². The van der Waals surface area contributed by atoms with Crippen LogP contribution in [0.5, 0.6) is 0 Å². The average molecular weight is 339 g/mol. The average Bonchev–Trinajstić information content (AvgIpc) is 3.10. The Labute approximate surface area is 144 Å². The number of thioether (sulfide) groups is 1. The molecular formula is C18H17N3O2S. The first-order valence-electron chi connectivity index (χ1n) is 7.43. The molecule has 5 nitrogen and oxygen atoms in total. The molecule has 0 aliphatic heterocycles. The topological polar surface area (TPSA) is 68.0 Å². The third-order valence-corrected chi connectivity index (χ3v) is 4.29. The van der Waals surface area contributed by atoms with E-state index < -0.39 is 0 Å². The quantitative estimate of drug-likeness (QED) is 0.566. The lowest BCUT2D eigenvalue weighted by molar-refractivity contribution is 0.102. The van der Waals surface area contributed by atoms with Crippen LogP contribution in [0.15, 0.2) is 52.1 Å². The van der Waals surface area contributed by atoms with E-state index in [9.17, 15) is 4.79 Å². The number of carbonyl (C=O) groups excluding carboxylic acids is 1. The Morgan fingerprint density at radius 3 is 2.58 bits per heavy atom. The highest BCUT2D eigenvalue weighted by Crippen LogP contribution is 2.26. The summed E-state index contributed by atoms with van der Waals surface area (Å²) in [4.78, 5) is 21.6. The SMILES string of the molecule is CSc1nc(-c2ccco2)nc(C)c1C(=O)Nc1ccccc1C. The Bertz CT molecular complexity index is 876. The predicted octanol–water partition coefficient (Wildman–Crippen LogP) is 4.33. The maximum Gasteiger partial charge on any atom is 0.260 e. The van der Waals surface area contributed by atoms with Crippen molar-refractivity contribution < 1.29 is 9.21 Å². The van der Waals surface area contributed by atoms with Crippen molar-refractivity contribution in [3.05, 3.63) is 59.5 Å². The number of nitrogens with zero attached hydrogens (tertiary/aromatic N) is 2. The van der Waals surface area contributed by atoms with Gasteiger partial charge in [0.2, 0.25) is 0 Å². The Morgan fingerprint density at radius 2 is 1.92 bits per heavy atom. The number of carbonyl (C=O) groups is 1. The Balaban J connectivity index is 1.98. The minimum Gasteiger partial charge on any atom is -0.461 e. The molecule has 2 heterocycles. The number of anilines is 1. The van der Waals surface area contributed by atoms with Crippen LogP contribution in [0, 0.1) is 13.8 Å². The fourth-order valence-electron chi connectivity index (χ4n) is 2.37. The van der Waals surface area contributed by atoms with E-state index in [4.69, 9.17) is 4.42 Å². The normalized spacial score (nSPS) is 10.6. The first kappa shape index (κ1) is 16.3. The maximum atomic E-state index is 12.7. The number of hydrogen-bond donors (Lipinski definition) is 1. The van der Waals surface area contributed by atoms with Crippen LogP contribution >= 0.6 is 11.8 Å². The van der Waals surface area contributed by atoms with Crippen molar-refractivity contribution in [1.29, 1.82) is 0 Å². The molecule has 0 bridgehead atoms. The van der Waals surface area contributed by atoms with Crippen molar-refractivity contribution in [2.75, 3.05) is 11.6 Å². The molecule has 0 atom stereocenters. The molecule has 0 saturated carbocycles. The second-order valence-electron chi connectivity index (χ2n) is 5.26. The zero-order chi connectivity index (χ0) is 17.1. The van der Waals surface area contributed by atoms with Crippen LogP contribution in [0.25, 0.3) is 11.6 Å². The highest BCUT2D eigenvalue weighted by Gasteiger charge is 2.20. The van der Waals surface area contributed by atoms with Gasteiger partial charge in [0.05, 0.1) is 17.5 Å². The first-order chi connectivity index (χ1) is 11.6. The van der Waals surface area contributed by atoms with Gasteiger partial charge in [-0.25, -0.2) is 9.97 Å². The van der Waals surface area contributed by atoms with Crippen molar-refractivity contribution in [3.8, 4) is 11.6 Å². The van der Waals surface area contributed by atoms with Gasteiger partial charge in [0.1, 0.15) is 5.03 Å². The van der Waals surface area contributed by atoms with E-state index in [0.29, 0.717) is 27.9 Å². The lowest BCUT2D eigenvalue weighted by atomic mass is 10.1. The minimum absolute atomic E-state index is 0.211. The lowest BCUT2D eigenvalue weighted by Crippen LogP contribution is -2.17. The van der Waals surface area contributed by atoms with E-state index >= 15 is 0 Å². The number of amides is 1. The first-order valence-corrected chi connectivity index (χ1v) is 8.66. The van der Waals surface area contributed by atoms with Gasteiger partial charge >= 0.3 is 0 Å². The molecular weight excluding hydrogens is 322 g/mol. The van der Waals surface area contributed by atoms with Gasteiger partial charge in [-0.3, -0.25) is 4.79 Å². The third-order valence-electron chi connectivity index (χ3n) is 3.61. The summed E-state index contributed by atoms with van der Waals surface area (Å²) in [5.41, 5.74) is 2.89. The summed E-state index contributed by atoms with van der Waals surface area (Å²) in [5, 5.41) is 3.57. The molecule has 122 valence electrons. The smallest absolute Gasteiger partial charge is 0.260 e. The van der Waals surface area contributed by atoms with Crippen molar-refractivity contribution in [1.82, 2.24) is 9.97 Å². The van der Waals surface area contributed by atoms with Gasteiger partial charge in [0, 0.05) is 5.69 Å². The third kappa shape index (κ3) is 3.19. The molecule has 2 aromatic heterocycles. The number of aromatic nitrogens is 2. The second kappa shape index (κ2) is 6.88. The molecule has 0 saturated heterocycles. The highest BCUT2D eigenvalue weighted by atomic mass is 32.2. The molecule has 0 aliphatic carbocycles. The number of benzene rings is 1. The molecule has 0 unspecified atom stereocenters. The van der Waals surface area contributed by atoms with Gasteiger partial charge in [-0.15, -0.1) is 11.8 Å². The number of nitrogens with one attached hydrogen (secondary N) is 1. The van der Waals surface area contributed by atoms with E-state index in [1.54, 1.807) is 25.3 Å². The Hall–Kier alpha value is -2.60. The Kier molecular flexibility index (Phi) is 4.66. The summed E-state index contributed by atoms with van der Waals surface area (Å²) in [6, 6.07) is 11.2. The molecule has 0 radical (unpaired) electrons. The summed E-state index contributed by atoms with van der Waals surface area (Å²) in [6.07, 6.45) is 3.46.